The Balaban J connectivity index is 1.73. The van der Waals surface area contributed by atoms with E-state index in [1.807, 2.05) is 0 Å². The second kappa shape index (κ2) is 6.88. The van der Waals surface area contributed by atoms with Gasteiger partial charge in [0.2, 0.25) is 0 Å². The highest BCUT2D eigenvalue weighted by Gasteiger charge is 2.33. The van der Waals surface area contributed by atoms with Gasteiger partial charge in [0.05, 0.1) is 0 Å². The average molecular weight is 253 g/mol. The van der Waals surface area contributed by atoms with E-state index in [4.69, 9.17) is 5.73 Å². The molecule has 0 radical (unpaired) electrons. The topological polar surface area (TPSA) is 32.5 Å². The summed E-state index contributed by atoms with van der Waals surface area (Å²) in [4.78, 5) is 5.25. The first kappa shape index (κ1) is 14.3. The number of hydrogen-bond donors (Lipinski definition) is 1. The molecular formula is C15H31N3. The minimum atomic E-state index is 0.418. The molecule has 2 heterocycles. The van der Waals surface area contributed by atoms with E-state index in [2.05, 4.69) is 23.8 Å². The average Bonchev–Trinajstić information content (AvgIpc) is 2.37. The first-order valence-electron chi connectivity index (χ1n) is 7.89. The monoisotopic (exact) mass is 253 g/mol. The van der Waals surface area contributed by atoms with Crippen molar-refractivity contribution in [3.05, 3.63) is 0 Å². The number of rotatable bonds is 5. The summed E-state index contributed by atoms with van der Waals surface area (Å²) < 4.78 is 0. The van der Waals surface area contributed by atoms with Crippen molar-refractivity contribution in [1.82, 2.24) is 9.80 Å². The molecule has 2 saturated heterocycles. The van der Waals surface area contributed by atoms with Crippen molar-refractivity contribution < 1.29 is 0 Å². The third-order valence-electron chi connectivity index (χ3n) is 4.91. The van der Waals surface area contributed by atoms with Crippen LogP contribution in [0.4, 0.5) is 0 Å². The van der Waals surface area contributed by atoms with Crippen molar-refractivity contribution in [1.29, 1.82) is 0 Å². The smallest absolute Gasteiger partial charge is 0.0145 e. The Bertz CT molecular complexity index is 244. The molecule has 0 aromatic heterocycles. The number of nitrogens with zero attached hydrogens (tertiary/aromatic N) is 2. The minimum Gasteiger partial charge on any atom is -0.328 e. The van der Waals surface area contributed by atoms with Crippen LogP contribution in [-0.2, 0) is 0 Å². The summed E-state index contributed by atoms with van der Waals surface area (Å²) >= 11 is 0. The highest BCUT2D eigenvalue weighted by molar-refractivity contribution is 4.89. The predicted molar refractivity (Wildman–Crippen MR) is 77.7 cm³/mol. The molecule has 0 amide bonds. The standard InChI is InChI=1S/C15H31N3/c1-3-5-14(16)7-10-18-11-8-15-13(12-18)6-4-9-17(15)2/h13-15H,3-12,16H2,1-2H3. The second-order valence-corrected chi connectivity index (χ2v) is 6.38. The molecule has 3 unspecified atom stereocenters. The van der Waals surface area contributed by atoms with Gasteiger partial charge in [0, 0.05) is 18.6 Å². The quantitative estimate of drug-likeness (QED) is 0.812. The Hall–Kier alpha value is -0.120. The molecule has 2 fully saturated rings. The van der Waals surface area contributed by atoms with E-state index in [0.717, 1.165) is 12.0 Å². The van der Waals surface area contributed by atoms with Crippen LogP contribution >= 0.6 is 0 Å². The lowest BCUT2D eigenvalue weighted by atomic mass is 9.84. The van der Waals surface area contributed by atoms with Gasteiger partial charge >= 0.3 is 0 Å². The Morgan fingerprint density at radius 2 is 2.06 bits per heavy atom. The second-order valence-electron chi connectivity index (χ2n) is 6.38. The summed E-state index contributed by atoms with van der Waals surface area (Å²) in [5, 5.41) is 0. The molecular weight excluding hydrogens is 222 g/mol. The molecule has 106 valence electrons. The van der Waals surface area contributed by atoms with Crippen LogP contribution in [0.25, 0.3) is 0 Å². The van der Waals surface area contributed by atoms with Crippen LogP contribution in [0.3, 0.4) is 0 Å². The third-order valence-corrected chi connectivity index (χ3v) is 4.91. The summed E-state index contributed by atoms with van der Waals surface area (Å²) in [5.74, 6) is 0.917. The highest BCUT2D eigenvalue weighted by atomic mass is 15.2. The molecule has 3 nitrogen and oxygen atoms in total. The molecule has 0 saturated carbocycles. The predicted octanol–water partition coefficient (Wildman–Crippen LogP) is 1.92. The largest absolute Gasteiger partial charge is 0.328 e. The maximum absolute atomic E-state index is 6.12. The fraction of sp³-hybridized carbons (Fsp3) is 1.00. The van der Waals surface area contributed by atoms with Gasteiger partial charge in [-0.3, -0.25) is 0 Å². The molecule has 0 aromatic carbocycles. The van der Waals surface area contributed by atoms with Crippen LogP contribution in [0, 0.1) is 5.92 Å². The van der Waals surface area contributed by atoms with Crippen molar-refractivity contribution >= 4 is 0 Å². The molecule has 0 aliphatic carbocycles. The normalized spacial score (nSPS) is 32.2. The van der Waals surface area contributed by atoms with Gasteiger partial charge in [-0.25, -0.2) is 0 Å². The number of likely N-dealkylation sites (tertiary alicyclic amines) is 2. The van der Waals surface area contributed by atoms with E-state index in [9.17, 15) is 0 Å². The summed E-state index contributed by atoms with van der Waals surface area (Å²) in [7, 11) is 2.31. The fourth-order valence-electron chi connectivity index (χ4n) is 3.79. The van der Waals surface area contributed by atoms with Gasteiger partial charge in [0.15, 0.2) is 0 Å². The molecule has 2 aliphatic rings. The molecule has 0 spiro atoms. The summed E-state index contributed by atoms with van der Waals surface area (Å²) in [5.41, 5.74) is 6.12. The summed E-state index contributed by atoms with van der Waals surface area (Å²) in [6, 6.07) is 1.28. The van der Waals surface area contributed by atoms with Gasteiger partial charge in [-0.15, -0.1) is 0 Å². The number of nitrogens with two attached hydrogens (primary N) is 1. The number of piperidine rings is 2. The van der Waals surface area contributed by atoms with Gasteiger partial charge < -0.3 is 15.5 Å². The lowest BCUT2D eigenvalue weighted by Crippen LogP contribution is -2.53. The maximum Gasteiger partial charge on any atom is 0.0145 e. The summed E-state index contributed by atoms with van der Waals surface area (Å²) in [6.45, 7) is 7.35. The van der Waals surface area contributed by atoms with Crippen LogP contribution in [0.5, 0.6) is 0 Å². The highest BCUT2D eigenvalue weighted by Crippen LogP contribution is 2.29. The third kappa shape index (κ3) is 3.69. The molecule has 2 N–H and O–H groups in total. The van der Waals surface area contributed by atoms with Crippen LogP contribution in [0.15, 0.2) is 0 Å². The van der Waals surface area contributed by atoms with E-state index in [-0.39, 0.29) is 0 Å². The molecule has 2 rings (SSSR count). The van der Waals surface area contributed by atoms with Gasteiger partial charge in [0.1, 0.15) is 0 Å². The van der Waals surface area contributed by atoms with Crippen LogP contribution < -0.4 is 5.73 Å². The van der Waals surface area contributed by atoms with E-state index in [1.54, 1.807) is 0 Å². The van der Waals surface area contributed by atoms with E-state index in [0.29, 0.717) is 6.04 Å². The SMILES string of the molecule is CCCC(N)CCN1CCC2C(CCCN2C)C1. The van der Waals surface area contributed by atoms with Crippen molar-refractivity contribution in [2.75, 3.05) is 33.2 Å². The van der Waals surface area contributed by atoms with Gasteiger partial charge in [-0.05, 0) is 64.7 Å². The summed E-state index contributed by atoms with van der Waals surface area (Å²) in [6.07, 6.45) is 7.78. The number of fused-ring (bicyclic) bond motifs is 1. The molecule has 3 heteroatoms. The zero-order valence-corrected chi connectivity index (χ0v) is 12.3. The van der Waals surface area contributed by atoms with Crippen molar-refractivity contribution in [3.63, 3.8) is 0 Å². The van der Waals surface area contributed by atoms with Crippen LogP contribution in [0.2, 0.25) is 0 Å². The Morgan fingerprint density at radius 1 is 1.22 bits per heavy atom. The van der Waals surface area contributed by atoms with Gasteiger partial charge in [-0.2, -0.15) is 0 Å². The molecule has 3 atom stereocenters. The van der Waals surface area contributed by atoms with E-state index < -0.39 is 0 Å². The van der Waals surface area contributed by atoms with Crippen molar-refractivity contribution in [2.24, 2.45) is 11.7 Å². The zero-order chi connectivity index (χ0) is 13.0. The Labute approximate surface area is 113 Å². The van der Waals surface area contributed by atoms with Gasteiger partial charge in [-0.1, -0.05) is 13.3 Å². The lowest BCUT2D eigenvalue weighted by Gasteiger charge is -2.46. The van der Waals surface area contributed by atoms with E-state index >= 15 is 0 Å². The van der Waals surface area contributed by atoms with Crippen molar-refractivity contribution in [3.8, 4) is 0 Å². The minimum absolute atomic E-state index is 0.418. The fourth-order valence-corrected chi connectivity index (χ4v) is 3.79. The Morgan fingerprint density at radius 3 is 2.83 bits per heavy atom. The maximum atomic E-state index is 6.12. The Kier molecular flexibility index (Phi) is 5.46. The van der Waals surface area contributed by atoms with Crippen molar-refractivity contribution in [2.45, 2.75) is 57.5 Å². The van der Waals surface area contributed by atoms with Crippen LogP contribution in [-0.4, -0.2) is 55.1 Å². The zero-order valence-electron chi connectivity index (χ0n) is 12.3. The first-order chi connectivity index (χ1) is 8.70. The molecule has 2 aliphatic heterocycles. The van der Waals surface area contributed by atoms with Crippen LogP contribution in [0.1, 0.15) is 45.4 Å². The van der Waals surface area contributed by atoms with E-state index in [1.165, 1.54) is 64.7 Å². The molecule has 0 aromatic rings. The molecule has 0 bridgehead atoms. The van der Waals surface area contributed by atoms with Gasteiger partial charge in [0.25, 0.3) is 0 Å². The number of hydrogen-bond acceptors (Lipinski definition) is 3. The first-order valence-corrected chi connectivity index (χ1v) is 7.89. The lowest BCUT2D eigenvalue weighted by molar-refractivity contribution is 0.0375. The molecule has 18 heavy (non-hydrogen) atoms.